The maximum atomic E-state index is 12.8. The van der Waals surface area contributed by atoms with Gasteiger partial charge in [0.2, 0.25) is 0 Å². The Kier molecular flexibility index (Phi) is 4.60. The van der Waals surface area contributed by atoms with Crippen LogP contribution in [-0.2, 0) is 0 Å². The minimum absolute atomic E-state index is 0.553. The Morgan fingerprint density at radius 1 is 1.20 bits per heavy atom. The molecule has 1 unspecified atom stereocenters. The molecule has 0 aliphatic rings. The van der Waals surface area contributed by atoms with E-state index in [4.69, 9.17) is 0 Å². The predicted octanol–water partition coefficient (Wildman–Crippen LogP) is 4.23. The number of benzene rings is 1. The molecule has 0 bridgehead atoms. The minimum Gasteiger partial charge on any atom is -0.310 e. The minimum atomic E-state index is -4.20. The Bertz CT molecular complexity index is 561. The standard InChI is InChI=1S/C15H17F3N2/c1-2-8-19-14(10-15(16,17)18)12-5-3-7-13-11(12)6-4-9-20-13/h3-7,9,14,19H,2,8,10H2,1H3. The third kappa shape index (κ3) is 3.70. The molecular weight excluding hydrogens is 265 g/mol. The van der Waals surface area contributed by atoms with Gasteiger partial charge in [-0.25, -0.2) is 0 Å². The summed E-state index contributed by atoms with van der Waals surface area (Å²) >= 11 is 0. The van der Waals surface area contributed by atoms with Gasteiger partial charge < -0.3 is 5.32 Å². The maximum Gasteiger partial charge on any atom is 0.390 e. The first kappa shape index (κ1) is 14.8. The van der Waals surface area contributed by atoms with Gasteiger partial charge in [-0.3, -0.25) is 4.98 Å². The number of fused-ring (bicyclic) bond motifs is 1. The van der Waals surface area contributed by atoms with E-state index in [1.807, 2.05) is 19.1 Å². The highest BCUT2D eigenvalue weighted by Gasteiger charge is 2.32. The summed E-state index contributed by atoms with van der Waals surface area (Å²) in [6.07, 6.45) is -2.64. The van der Waals surface area contributed by atoms with Crippen molar-refractivity contribution in [3.63, 3.8) is 0 Å². The van der Waals surface area contributed by atoms with Crippen LogP contribution in [0.5, 0.6) is 0 Å². The molecule has 1 N–H and O–H groups in total. The molecule has 1 atom stereocenters. The molecule has 0 saturated carbocycles. The SMILES string of the molecule is CCCNC(CC(F)(F)F)c1cccc2ncccc12. The van der Waals surface area contributed by atoms with Gasteiger partial charge in [0.05, 0.1) is 11.9 Å². The van der Waals surface area contributed by atoms with Crippen LogP contribution in [0.25, 0.3) is 10.9 Å². The van der Waals surface area contributed by atoms with Crippen molar-refractivity contribution in [1.29, 1.82) is 0 Å². The summed E-state index contributed by atoms with van der Waals surface area (Å²) in [7, 11) is 0. The fraction of sp³-hybridized carbons (Fsp3) is 0.400. The van der Waals surface area contributed by atoms with Crippen molar-refractivity contribution < 1.29 is 13.2 Å². The van der Waals surface area contributed by atoms with Crippen molar-refractivity contribution in [1.82, 2.24) is 10.3 Å². The highest BCUT2D eigenvalue weighted by atomic mass is 19.4. The molecule has 0 fully saturated rings. The molecule has 0 spiro atoms. The number of nitrogens with zero attached hydrogens (tertiary/aromatic N) is 1. The van der Waals surface area contributed by atoms with E-state index in [2.05, 4.69) is 10.3 Å². The second-order valence-electron chi connectivity index (χ2n) is 4.74. The number of hydrogen-bond acceptors (Lipinski definition) is 2. The third-order valence-electron chi connectivity index (χ3n) is 3.13. The lowest BCUT2D eigenvalue weighted by atomic mass is 9.98. The molecule has 2 nitrogen and oxygen atoms in total. The van der Waals surface area contributed by atoms with Gasteiger partial charge in [-0.1, -0.05) is 25.1 Å². The second-order valence-corrected chi connectivity index (χ2v) is 4.74. The monoisotopic (exact) mass is 282 g/mol. The van der Waals surface area contributed by atoms with Crippen molar-refractivity contribution >= 4 is 10.9 Å². The van der Waals surface area contributed by atoms with E-state index in [0.717, 1.165) is 17.3 Å². The summed E-state index contributed by atoms with van der Waals surface area (Å²) in [4.78, 5) is 4.19. The van der Waals surface area contributed by atoms with Crippen LogP contribution in [0.2, 0.25) is 0 Å². The van der Waals surface area contributed by atoms with Crippen molar-refractivity contribution in [3.8, 4) is 0 Å². The van der Waals surface area contributed by atoms with Crippen LogP contribution >= 0.6 is 0 Å². The molecular formula is C15H17F3N2. The number of hydrogen-bond donors (Lipinski definition) is 1. The molecule has 1 aromatic heterocycles. The summed E-state index contributed by atoms with van der Waals surface area (Å²) in [5, 5.41) is 3.76. The molecule has 20 heavy (non-hydrogen) atoms. The van der Waals surface area contributed by atoms with Gasteiger partial charge in [0.1, 0.15) is 0 Å². The average Bonchev–Trinajstić information content (AvgIpc) is 2.41. The molecule has 1 aromatic carbocycles. The molecule has 0 saturated heterocycles. The van der Waals surface area contributed by atoms with Crippen molar-refractivity contribution in [2.45, 2.75) is 32.0 Å². The molecule has 5 heteroatoms. The van der Waals surface area contributed by atoms with E-state index in [0.29, 0.717) is 12.1 Å². The smallest absolute Gasteiger partial charge is 0.310 e. The quantitative estimate of drug-likeness (QED) is 0.887. The first-order chi connectivity index (χ1) is 9.51. The zero-order valence-corrected chi connectivity index (χ0v) is 11.2. The largest absolute Gasteiger partial charge is 0.390 e. The summed E-state index contributed by atoms with van der Waals surface area (Å²) in [5.41, 5.74) is 1.37. The average molecular weight is 282 g/mol. The molecule has 2 rings (SSSR count). The van der Waals surface area contributed by atoms with Crippen molar-refractivity contribution in [2.24, 2.45) is 0 Å². The van der Waals surface area contributed by atoms with Crippen LogP contribution in [0.1, 0.15) is 31.4 Å². The van der Waals surface area contributed by atoms with E-state index in [-0.39, 0.29) is 0 Å². The third-order valence-corrected chi connectivity index (χ3v) is 3.13. The van der Waals surface area contributed by atoms with Gasteiger partial charge in [0.25, 0.3) is 0 Å². The molecule has 0 amide bonds. The maximum absolute atomic E-state index is 12.8. The highest BCUT2D eigenvalue weighted by molar-refractivity contribution is 5.82. The van der Waals surface area contributed by atoms with Gasteiger partial charge in [0.15, 0.2) is 0 Å². The molecule has 0 aliphatic heterocycles. The topological polar surface area (TPSA) is 24.9 Å². The van der Waals surface area contributed by atoms with Crippen LogP contribution in [-0.4, -0.2) is 17.7 Å². The van der Waals surface area contributed by atoms with Crippen LogP contribution in [0.4, 0.5) is 13.2 Å². The fourth-order valence-electron chi connectivity index (χ4n) is 2.27. The Balaban J connectivity index is 2.39. The van der Waals surface area contributed by atoms with Crippen LogP contribution < -0.4 is 5.32 Å². The van der Waals surface area contributed by atoms with E-state index >= 15 is 0 Å². The molecule has 0 aliphatic carbocycles. The van der Waals surface area contributed by atoms with Gasteiger partial charge in [-0.15, -0.1) is 0 Å². The van der Waals surface area contributed by atoms with Gasteiger partial charge in [0, 0.05) is 17.6 Å². The number of pyridine rings is 1. The number of nitrogens with one attached hydrogen (secondary N) is 1. The summed E-state index contributed by atoms with van der Waals surface area (Å²) in [5.74, 6) is 0. The fourth-order valence-corrected chi connectivity index (χ4v) is 2.27. The second kappa shape index (κ2) is 6.22. The lowest BCUT2D eigenvalue weighted by Gasteiger charge is -2.22. The first-order valence-electron chi connectivity index (χ1n) is 6.65. The molecule has 1 heterocycles. The molecule has 108 valence electrons. The van der Waals surface area contributed by atoms with Crippen molar-refractivity contribution in [2.75, 3.05) is 6.54 Å². The van der Waals surface area contributed by atoms with Crippen LogP contribution in [0.15, 0.2) is 36.5 Å². The van der Waals surface area contributed by atoms with Crippen molar-refractivity contribution in [3.05, 3.63) is 42.1 Å². The number of halogens is 3. The summed E-state index contributed by atoms with van der Waals surface area (Å²) < 4.78 is 38.3. The predicted molar refractivity (Wildman–Crippen MR) is 73.4 cm³/mol. The highest BCUT2D eigenvalue weighted by Crippen LogP contribution is 2.32. The summed E-state index contributed by atoms with van der Waals surface area (Å²) in [6, 6.07) is 8.13. The van der Waals surface area contributed by atoms with Gasteiger partial charge in [-0.2, -0.15) is 13.2 Å². The zero-order chi connectivity index (χ0) is 14.6. The van der Waals surface area contributed by atoms with E-state index in [1.165, 1.54) is 0 Å². The Morgan fingerprint density at radius 3 is 2.70 bits per heavy atom. The van der Waals surface area contributed by atoms with Gasteiger partial charge in [-0.05, 0) is 30.7 Å². The molecule has 2 aromatic rings. The summed E-state index contributed by atoms with van der Waals surface area (Å²) in [6.45, 7) is 2.49. The van der Waals surface area contributed by atoms with E-state index < -0.39 is 18.6 Å². The Hall–Kier alpha value is -1.62. The Morgan fingerprint density at radius 2 is 2.00 bits per heavy atom. The number of rotatable bonds is 5. The van der Waals surface area contributed by atoms with Gasteiger partial charge >= 0.3 is 6.18 Å². The van der Waals surface area contributed by atoms with E-state index in [1.54, 1.807) is 24.4 Å². The normalized spacial score (nSPS) is 13.6. The zero-order valence-electron chi connectivity index (χ0n) is 11.2. The number of alkyl halides is 3. The molecule has 0 radical (unpaired) electrons. The lowest BCUT2D eigenvalue weighted by molar-refractivity contribution is -0.140. The van der Waals surface area contributed by atoms with Crippen LogP contribution in [0.3, 0.4) is 0 Å². The number of aromatic nitrogens is 1. The Labute approximate surface area is 116 Å². The van der Waals surface area contributed by atoms with E-state index in [9.17, 15) is 13.2 Å². The lowest BCUT2D eigenvalue weighted by Crippen LogP contribution is -2.27. The van der Waals surface area contributed by atoms with Crippen LogP contribution in [0, 0.1) is 0 Å². The first-order valence-corrected chi connectivity index (χ1v) is 6.65.